The highest BCUT2D eigenvalue weighted by atomic mass is 16.5. The maximum atomic E-state index is 12.8. The first-order valence-corrected chi connectivity index (χ1v) is 10.0. The van der Waals surface area contributed by atoms with Crippen LogP contribution in [0.2, 0.25) is 0 Å². The minimum Gasteiger partial charge on any atom is -0.493 e. The molecule has 1 unspecified atom stereocenters. The van der Waals surface area contributed by atoms with Gasteiger partial charge >= 0.3 is 0 Å². The van der Waals surface area contributed by atoms with Crippen molar-refractivity contribution in [1.82, 2.24) is 5.32 Å². The molecule has 2 N–H and O–H groups in total. The Morgan fingerprint density at radius 1 is 0.935 bits per heavy atom. The second kappa shape index (κ2) is 12.4. The van der Waals surface area contributed by atoms with Crippen molar-refractivity contribution in [2.45, 2.75) is 19.9 Å². The largest absolute Gasteiger partial charge is 0.493 e. The molecule has 0 aliphatic rings. The van der Waals surface area contributed by atoms with Crippen LogP contribution in [0, 0.1) is 5.92 Å². The fraction of sp³-hybridized carbons (Fsp3) is 0.391. The predicted molar refractivity (Wildman–Crippen MR) is 118 cm³/mol. The van der Waals surface area contributed by atoms with Gasteiger partial charge in [-0.2, -0.15) is 0 Å². The molecule has 0 fully saturated rings. The molecule has 8 heteroatoms. The summed E-state index contributed by atoms with van der Waals surface area (Å²) in [6.45, 7) is 4.30. The lowest BCUT2D eigenvalue weighted by Gasteiger charge is -2.22. The van der Waals surface area contributed by atoms with Gasteiger partial charge in [0.2, 0.25) is 5.91 Å². The third-order valence-electron chi connectivity index (χ3n) is 4.35. The Balaban J connectivity index is 1.99. The van der Waals surface area contributed by atoms with Crippen LogP contribution < -0.4 is 24.8 Å². The van der Waals surface area contributed by atoms with Crippen LogP contribution in [0.3, 0.4) is 0 Å². The second-order valence-electron chi connectivity index (χ2n) is 7.09. The zero-order valence-corrected chi connectivity index (χ0v) is 18.3. The average molecular weight is 431 g/mol. The van der Waals surface area contributed by atoms with Crippen molar-refractivity contribution >= 4 is 17.5 Å². The van der Waals surface area contributed by atoms with E-state index >= 15 is 0 Å². The van der Waals surface area contributed by atoms with Crippen molar-refractivity contribution < 1.29 is 28.5 Å². The van der Waals surface area contributed by atoms with Crippen molar-refractivity contribution in [3.63, 3.8) is 0 Å². The zero-order valence-electron chi connectivity index (χ0n) is 18.3. The number of methoxy groups -OCH3 is 2. The van der Waals surface area contributed by atoms with Gasteiger partial charge < -0.3 is 29.6 Å². The third kappa shape index (κ3) is 7.82. The summed E-state index contributed by atoms with van der Waals surface area (Å²) in [6, 6.07) is 13.4. The highest BCUT2D eigenvalue weighted by molar-refractivity contribution is 5.97. The van der Waals surface area contributed by atoms with Crippen LogP contribution in [0.4, 0.5) is 5.69 Å². The van der Waals surface area contributed by atoms with Gasteiger partial charge in [0.05, 0.1) is 13.7 Å². The summed E-state index contributed by atoms with van der Waals surface area (Å²) in [4.78, 5) is 25.1. The van der Waals surface area contributed by atoms with Crippen molar-refractivity contribution in [1.29, 1.82) is 0 Å². The quantitative estimate of drug-likeness (QED) is 0.503. The molecule has 2 rings (SSSR count). The monoisotopic (exact) mass is 430 g/mol. The first-order chi connectivity index (χ1) is 14.9. The van der Waals surface area contributed by atoms with Gasteiger partial charge in [-0.05, 0) is 30.2 Å². The number of hydrogen-bond donors (Lipinski definition) is 2. The molecule has 0 bridgehead atoms. The Labute approximate surface area is 182 Å². The lowest BCUT2D eigenvalue weighted by molar-refractivity contribution is -0.128. The van der Waals surface area contributed by atoms with Gasteiger partial charge in [-0.1, -0.05) is 32.0 Å². The van der Waals surface area contributed by atoms with E-state index in [4.69, 9.17) is 18.9 Å². The first kappa shape index (κ1) is 24.0. The highest BCUT2D eigenvalue weighted by Gasteiger charge is 2.24. The summed E-state index contributed by atoms with van der Waals surface area (Å²) in [6.07, 6.45) is 0. The summed E-state index contributed by atoms with van der Waals surface area (Å²) in [7, 11) is 3.13. The van der Waals surface area contributed by atoms with Gasteiger partial charge in [0.1, 0.15) is 18.4 Å². The molecule has 0 aromatic heterocycles. The standard InChI is InChI=1S/C23H30N2O6/c1-16(2)22(25-21(26)15-31-18-8-6-5-7-9-18)23(27)24-17-10-11-19(29-4)20(14-17)30-13-12-28-3/h5-11,14,16,22H,12-13,15H2,1-4H3,(H,24,27)(H,25,26). The number of hydrogen-bond acceptors (Lipinski definition) is 6. The van der Waals surface area contributed by atoms with E-state index in [1.807, 2.05) is 32.0 Å². The van der Waals surface area contributed by atoms with Crippen LogP contribution in [0.5, 0.6) is 17.2 Å². The number of nitrogens with one attached hydrogen (secondary N) is 2. The van der Waals surface area contributed by atoms with Gasteiger partial charge in [0, 0.05) is 18.9 Å². The number of carbonyl (C=O) groups excluding carboxylic acids is 2. The maximum Gasteiger partial charge on any atom is 0.258 e. The van der Waals surface area contributed by atoms with E-state index in [0.717, 1.165) is 0 Å². The number of anilines is 1. The normalized spacial score (nSPS) is 11.5. The van der Waals surface area contributed by atoms with Gasteiger partial charge in [-0.3, -0.25) is 9.59 Å². The van der Waals surface area contributed by atoms with Crippen LogP contribution in [0.15, 0.2) is 48.5 Å². The van der Waals surface area contributed by atoms with Crippen LogP contribution in [0.1, 0.15) is 13.8 Å². The molecule has 1 atom stereocenters. The molecule has 31 heavy (non-hydrogen) atoms. The Kier molecular flexibility index (Phi) is 9.64. The summed E-state index contributed by atoms with van der Waals surface area (Å²) >= 11 is 0. The van der Waals surface area contributed by atoms with Gasteiger partial charge in [0.25, 0.3) is 5.91 Å². The van der Waals surface area contributed by atoms with Crippen molar-refractivity contribution in [3.8, 4) is 17.2 Å². The fourth-order valence-electron chi connectivity index (χ4n) is 2.74. The van der Waals surface area contributed by atoms with E-state index in [1.54, 1.807) is 44.6 Å². The fourth-order valence-corrected chi connectivity index (χ4v) is 2.74. The summed E-state index contributed by atoms with van der Waals surface area (Å²) in [5, 5.41) is 5.56. The second-order valence-corrected chi connectivity index (χ2v) is 7.09. The predicted octanol–water partition coefficient (Wildman–Crippen LogP) is 2.88. The smallest absolute Gasteiger partial charge is 0.258 e. The Morgan fingerprint density at radius 2 is 1.68 bits per heavy atom. The van der Waals surface area contributed by atoms with Gasteiger partial charge in [-0.25, -0.2) is 0 Å². The maximum absolute atomic E-state index is 12.8. The highest BCUT2D eigenvalue weighted by Crippen LogP contribution is 2.30. The van der Waals surface area contributed by atoms with E-state index in [-0.39, 0.29) is 24.3 Å². The molecule has 168 valence electrons. The summed E-state index contributed by atoms with van der Waals surface area (Å²) in [5.74, 6) is 0.769. The van der Waals surface area contributed by atoms with Crippen LogP contribution >= 0.6 is 0 Å². The molecular weight excluding hydrogens is 400 g/mol. The summed E-state index contributed by atoms with van der Waals surface area (Å²) < 4.78 is 21.4. The van der Waals surface area contributed by atoms with E-state index < -0.39 is 6.04 Å². The van der Waals surface area contributed by atoms with Crippen LogP contribution in [-0.2, 0) is 14.3 Å². The topological polar surface area (TPSA) is 95.1 Å². The minimum atomic E-state index is -0.730. The molecule has 0 aliphatic heterocycles. The average Bonchev–Trinajstić information content (AvgIpc) is 2.77. The Hall–Kier alpha value is -3.26. The number of amides is 2. The number of benzene rings is 2. The van der Waals surface area contributed by atoms with E-state index in [2.05, 4.69) is 10.6 Å². The lowest BCUT2D eigenvalue weighted by atomic mass is 10.0. The zero-order chi connectivity index (χ0) is 22.6. The molecule has 0 saturated carbocycles. The molecule has 0 radical (unpaired) electrons. The number of carbonyl (C=O) groups is 2. The molecule has 0 spiro atoms. The Bertz CT molecular complexity index is 841. The molecule has 0 aliphatic carbocycles. The van der Waals surface area contributed by atoms with Crippen LogP contribution in [0.25, 0.3) is 0 Å². The summed E-state index contributed by atoms with van der Waals surface area (Å²) in [5.41, 5.74) is 0.527. The molecule has 8 nitrogen and oxygen atoms in total. The molecule has 0 saturated heterocycles. The minimum absolute atomic E-state index is 0.128. The third-order valence-corrected chi connectivity index (χ3v) is 4.35. The first-order valence-electron chi connectivity index (χ1n) is 10.0. The van der Waals surface area contributed by atoms with Crippen molar-refractivity contribution in [3.05, 3.63) is 48.5 Å². The van der Waals surface area contributed by atoms with Crippen molar-refractivity contribution in [2.75, 3.05) is 39.4 Å². The van der Waals surface area contributed by atoms with E-state index in [9.17, 15) is 9.59 Å². The number of ether oxygens (including phenoxy) is 4. The van der Waals surface area contributed by atoms with E-state index in [0.29, 0.717) is 36.1 Å². The van der Waals surface area contributed by atoms with E-state index in [1.165, 1.54) is 0 Å². The number of para-hydroxylation sites is 1. The lowest BCUT2D eigenvalue weighted by Crippen LogP contribution is -2.48. The van der Waals surface area contributed by atoms with Crippen LogP contribution in [-0.4, -0.2) is 51.9 Å². The SMILES string of the molecule is COCCOc1cc(NC(=O)C(NC(=O)COc2ccccc2)C(C)C)ccc1OC. The molecule has 2 amide bonds. The van der Waals surface area contributed by atoms with Gasteiger partial charge in [-0.15, -0.1) is 0 Å². The molecule has 2 aromatic rings. The Morgan fingerprint density at radius 3 is 2.32 bits per heavy atom. The van der Waals surface area contributed by atoms with Gasteiger partial charge in [0.15, 0.2) is 18.1 Å². The molecule has 2 aromatic carbocycles. The number of rotatable bonds is 12. The molecule has 0 heterocycles. The van der Waals surface area contributed by atoms with Crippen molar-refractivity contribution in [2.24, 2.45) is 5.92 Å². The molecular formula is C23H30N2O6.